The molecule has 3 saturated heterocycles. The predicted octanol–water partition coefficient (Wildman–Crippen LogP) is 7.00. The minimum Gasteiger partial charge on any atom is -0.469 e. The van der Waals surface area contributed by atoms with Crippen LogP contribution in [0.15, 0.2) is 0 Å². The van der Waals surface area contributed by atoms with E-state index in [0.29, 0.717) is 30.6 Å². The van der Waals surface area contributed by atoms with E-state index in [1.807, 2.05) is 55.4 Å². The lowest BCUT2D eigenvalue weighted by Crippen LogP contribution is -2.38. The number of methoxy groups -OCH3 is 1. The zero-order valence-corrected chi connectivity index (χ0v) is 30.6. The summed E-state index contributed by atoms with van der Waals surface area (Å²) in [4.78, 5) is 47.1. The van der Waals surface area contributed by atoms with Crippen molar-refractivity contribution in [1.82, 2.24) is 0 Å². The molecule has 0 aromatic carbocycles. The molecule has 8 aliphatic rings. The van der Waals surface area contributed by atoms with Gasteiger partial charge in [-0.05, 0) is 121 Å². The van der Waals surface area contributed by atoms with Gasteiger partial charge in [0, 0.05) is 11.8 Å². The largest absolute Gasteiger partial charge is 0.469 e. The number of carbonyl (C=O) groups is 4. The van der Waals surface area contributed by atoms with Gasteiger partial charge in [-0.25, -0.2) is 4.79 Å². The summed E-state index contributed by atoms with van der Waals surface area (Å²) in [5.74, 6) is 5.60. The zero-order chi connectivity index (χ0) is 35.1. The number of hydrogen-bond acceptors (Lipinski definition) is 10. The average molecular weight is 707 g/mol. The van der Waals surface area contributed by atoms with Gasteiger partial charge in [0.1, 0.15) is 12.2 Å². The molecule has 0 spiro atoms. The summed E-state index contributed by atoms with van der Waals surface area (Å²) in [5.41, 5.74) is -0.920. The molecule has 14 atom stereocenters. The van der Waals surface area contributed by atoms with Crippen LogP contribution >= 0.6 is 0 Å². The predicted molar refractivity (Wildman–Crippen MR) is 187 cm³/mol. The molecule has 50 heavy (non-hydrogen) atoms. The first-order valence-corrected chi connectivity index (χ1v) is 18.5. The van der Waals surface area contributed by atoms with E-state index < -0.39 is 23.3 Å². The third-order valence-corrected chi connectivity index (χ3v) is 14.0. The number of fused-ring (bicyclic) bond motifs is 15. The second-order valence-corrected chi connectivity index (χ2v) is 17.5. The number of rotatable bonds is 5. The molecule has 0 N–H and O–H groups in total. The van der Waals surface area contributed by atoms with Crippen molar-refractivity contribution in [2.24, 2.45) is 70.0 Å². The van der Waals surface area contributed by atoms with E-state index in [1.54, 1.807) is 0 Å². The van der Waals surface area contributed by atoms with Crippen LogP contribution in [0, 0.1) is 70.0 Å². The molecule has 5 aliphatic carbocycles. The average Bonchev–Trinajstić information content (AvgIpc) is 3.91. The fourth-order valence-corrected chi connectivity index (χ4v) is 10.8. The number of cyclic esters (lactones) is 1. The van der Waals surface area contributed by atoms with Crippen LogP contribution in [-0.2, 0) is 47.6 Å². The summed E-state index contributed by atoms with van der Waals surface area (Å²) in [5, 5.41) is 0. The van der Waals surface area contributed by atoms with Crippen LogP contribution in [0.3, 0.4) is 0 Å². The van der Waals surface area contributed by atoms with E-state index in [0.717, 1.165) is 48.5 Å². The minimum absolute atomic E-state index is 0. The Kier molecular flexibility index (Phi) is 11.6. The molecule has 3 heterocycles. The van der Waals surface area contributed by atoms with Crippen molar-refractivity contribution in [2.45, 2.75) is 146 Å². The molecule has 3 aliphatic heterocycles. The van der Waals surface area contributed by atoms with E-state index in [-0.39, 0.29) is 62.4 Å². The second kappa shape index (κ2) is 14.3. The van der Waals surface area contributed by atoms with Crippen molar-refractivity contribution >= 4 is 23.9 Å². The molecule has 0 aromatic rings. The highest BCUT2D eigenvalue weighted by Gasteiger charge is 2.70. The second-order valence-electron chi connectivity index (χ2n) is 17.5. The Hall–Kier alpha value is -2.20. The van der Waals surface area contributed by atoms with Gasteiger partial charge in [-0.3, -0.25) is 14.4 Å². The number of ether oxygens (including phenoxy) is 6. The minimum atomic E-state index is -0.843. The van der Waals surface area contributed by atoms with Crippen LogP contribution < -0.4 is 0 Å². The Balaban J connectivity index is 0.000000179. The van der Waals surface area contributed by atoms with Crippen LogP contribution in [0.1, 0.15) is 116 Å². The molecule has 8 fully saturated rings. The Morgan fingerprint density at radius 3 is 1.92 bits per heavy atom. The molecule has 5 saturated carbocycles. The van der Waals surface area contributed by atoms with Crippen molar-refractivity contribution in [1.29, 1.82) is 0 Å². The van der Waals surface area contributed by atoms with Crippen LogP contribution in [-0.4, -0.2) is 67.8 Å². The summed E-state index contributed by atoms with van der Waals surface area (Å²) in [7, 11) is 1.42. The first-order chi connectivity index (χ1) is 22.5. The lowest BCUT2D eigenvalue weighted by Gasteiger charge is -2.38. The Morgan fingerprint density at radius 2 is 1.36 bits per heavy atom. The molecule has 8 rings (SSSR count). The maximum absolute atomic E-state index is 12.2. The molecule has 286 valence electrons. The van der Waals surface area contributed by atoms with Gasteiger partial charge in [0.2, 0.25) is 6.10 Å². The highest BCUT2D eigenvalue weighted by atomic mass is 16.8. The quantitative estimate of drug-likeness (QED) is 0.168. The zero-order valence-electron chi connectivity index (χ0n) is 30.6. The molecule has 0 amide bonds. The summed E-state index contributed by atoms with van der Waals surface area (Å²) in [6.07, 6.45) is 4.74. The van der Waals surface area contributed by atoms with Gasteiger partial charge < -0.3 is 28.4 Å². The normalized spacial score (nSPS) is 41.8. The van der Waals surface area contributed by atoms with E-state index in [4.69, 9.17) is 23.7 Å². The topological polar surface area (TPSA) is 124 Å². The van der Waals surface area contributed by atoms with Gasteiger partial charge in [-0.1, -0.05) is 35.6 Å². The van der Waals surface area contributed by atoms with Gasteiger partial charge in [0.15, 0.2) is 5.79 Å². The third kappa shape index (κ3) is 6.62. The van der Waals surface area contributed by atoms with Crippen LogP contribution in [0.25, 0.3) is 0 Å². The molecular weight excluding hydrogens is 640 g/mol. The van der Waals surface area contributed by atoms with Crippen molar-refractivity contribution in [2.75, 3.05) is 13.7 Å². The number of hydrogen-bond donors (Lipinski definition) is 0. The molecule has 0 aromatic heterocycles. The van der Waals surface area contributed by atoms with Crippen molar-refractivity contribution in [3.63, 3.8) is 0 Å². The van der Waals surface area contributed by atoms with Gasteiger partial charge in [-0.15, -0.1) is 0 Å². The van der Waals surface area contributed by atoms with Crippen molar-refractivity contribution in [3.05, 3.63) is 0 Å². The Labute approximate surface area is 300 Å². The summed E-state index contributed by atoms with van der Waals surface area (Å²) < 4.78 is 32.5. The molecule has 0 radical (unpaired) electrons. The fourth-order valence-electron chi connectivity index (χ4n) is 10.8. The number of carbonyl (C=O) groups excluding carboxylic acids is 4. The molecule has 14 unspecified atom stereocenters. The monoisotopic (exact) mass is 706 g/mol. The Morgan fingerprint density at radius 1 is 0.780 bits per heavy atom. The highest BCUT2D eigenvalue weighted by Crippen LogP contribution is 2.72. The van der Waals surface area contributed by atoms with Crippen molar-refractivity contribution in [3.8, 4) is 0 Å². The van der Waals surface area contributed by atoms with Gasteiger partial charge in [0.25, 0.3) is 0 Å². The maximum atomic E-state index is 12.2. The molecule has 10 nitrogen and oxygen atoms in total. The smallest absolute Gasteiger partial charge is 0.348 e. The van der Waals surface area contributed by atoms with Crippen molar-refractivity contribution < 1.29 is 47.6 Å². The maximum Gasteiger partial charge on any atom is 0.348 e. The van der Waals surface area contributed by atoms with Gasteiger partial charge >= 0.3 is 23.9 Å². The summed E-state index contributed by atoms with van der Waals surface area (Å²) in [6.45, 7) is 18.2. The first kappa shape index (κ1) is 40.6. The van der Waals surface area contributed by atoms with E-state index >= 15 is 0 Å². The van der Waals surface area contributed by atoms with Crippen LogP contribution in [0.5, 0.6) is 0 Å². The van der Waals surface area contributed by atoms with E-state index in [2.05, 4.69) is 11.7 Å². The molecular formula is C40H66O10. The van der Waals surface area contributed by atoms with Crippen LogP contribution in [0.4, 0.5) is 0 Å². The summed E-state index contributed by atoms with van der Waals surface area (Å²) >= 11 is 0. The first-order valence-electron chi connectivity index (χ1n) is 18.5. The molecule has 4 bridgehead atoms. The van der Waals surface area contributed by atoms with Crippen LogP contribution in [0.2, 0.25) is 0 Å². The lowest BCUT2D eigenvalue weighted by molar-refractivity contribution is -0.170. The van der Waals surface area contributed by atoms with Gasteiger partial charge in [-0.2, -0.15) is 0 Å². The lowest BCUT2D eigenvalue weighted by atomic mass is 9.64. The standard InChI is InChI=1S/C16H24O6.C15H20O2.C7H14O2.2CH4/c1-6-15(2,3)14(18)20-11-8-7-9-12(10(8)19-13(11)17)22-16(4,5)21-9;1-6-7-2-3-8(6)13-10-4-9(12(7)13)11-5-17-15(16)14(10)11;1-5-7(2,3)6(8)9-4;;/h8-12H,6-7H2,1-5H3;6-14H,2-5H2,1H3;5H2,1-4H3;2*1H4. The van der Waals surface area contributed by atoms with E-state index in [9.17, 15) is 19.2 Å². The van der Waals surface area contributed by atoms with Gasteiger partial charge in [0.05, 0.1) is 36.6 Å². The Bertz CT molecular complexity index is 1290. The molecule has 10 heteroatoms. The fraction of sp³-hybridized carbons (Fsp3) is 0.900. The number of esters is 4. The SMILES string of the molecule is C.C.CC1C2CCC1C1C3CC(C4COC(=O)C43)C21.CCC(C)(C)C(=O)OC.CCC(C)(C)C(=O)OC1C(=O)OC2C1CC1OC(C)(C)OC12. The highest BCUT2D eigenvalue weighted by molar-refractivity contribution is 5.83. The third-order valence-electron chi connectivity index (χ3n) is 14.0. The van der Waals surface area contributed by atoms with E-state index in [1.165, 1.54) is 26.4 Å². The summed E-state index contributed by atoms with van der Waals surface area (Å²) in [6, 6.07) is 0.